The van der Waals surface area contributed by atoms with Gasteiger partial charge in [0.25, 0.3) is 0 Å². The van der Waals surface area contributed by atoms with Crippen LogP contribution < -0.4 is 10.6 Å². The number of benzene rings is 3. The molecule has 0 spiro atoms. The van der Waals surface area contributed by atoms with Crippen molar-refractivity contribution in [2.45, 2.75) is 0 Å². The summed E-state index contributed by atoms with van der Waals surface area (Å²) in [7, 11) is 0. The van der Waals surface area contributed by atoms with Crippen molar-refractivity contribution in [3.8, 4) is 5.75 Å². The number of aromatic hydroxyl groups is 1. The minimum absolute atomic E-state index is 0.194. The van der Waals surface area contributed by atoms with Crippen LogP contribution in [0.3, 0.4) is 0 Å². The van der Waals surface area contributed by atoms with E-state index in [9.17, 15) is 9.90 Å². The highest BCUT2D eigenvalue weighted by Gasteiger charge is 2.08. The number of phenolic OH excluding ortho intramolecular Hbond substituents is 1. The average Bonchev–Trinajstić information content (AvgIpc) is 2.51. The maximum Gasteiger partial charge on any atom is 0.323 e. The fourth-order valence-corrected chi connectivity index (χ4v) is 2.76. The van der Waals surface area contributed by atoms with Crippen LogP contribution in [0.4, 0.5) is 16.2 Å². The number of amides is 2. The van der Waals surface area contributed by atoms with Crippen molar-refractivity contribution >= 4 is 50.8 Å². The first-order valence-corrected chi connectivity index (χ1v) is 7.76. The fourth-order valence-electron chi connectivity index (χ4n) is 2.24. The van der Waals surface area contributed by atoms with Crippen LogP contribution in [0.15, 0.2) is 60.7 Å². The number of carbonyl (C=O) groups is 1. The summed E-state index contributed by atoms with van der Waals surface area (Å²) >= 11 is 2.17. The molecule has 0 radical (unpaired) electrons. The number of rotatable bonds is 2. The van der Waals surface area contributed by atoms with Crippen molar-refractivity contribution in [3.05, 3.63) is 64.2 Å². The number of fused-ring (bicyclic) bond motifs is 1. The Kier molecular flexibility index (Phi) is 4.15. The number of phenols is 1. The zero-order valence-corrected chi connectivity index (χ0v) is 13.7. The summed E-state index contributed by atoms with van der Waals surface area (Å²) in [6.07, 6.45) is 0. The lowest BCUT2D eigenvalue weighted by Gasteiger charge is -2.11. The Bertz CT molecular complexity index is 849. The zero-order chi connectivity index (χ0) is 15.5. The first-order valence-electron chi connectivity index (χ1n) is 6.68. The van der Waals surface area contributed by atoms with Crippen molar-refractivity contribution in [2.75, 3.05) is 10.6 Å². The highest BCUT2D eigenvalue weighted by atomic mass is 127. The number of hydrogen-bond donors (Lipinski definition) is 3. The lowest BCUT2D eigenvalue weighted by molar-refractivity contribution is 0.262. The van der Waals surface area contributed by atoms with Crippen LogP contribution in [-0.4, -0.2) is 11.1 Å². The van der Waals surface area contributed by atoms with Gasteiger partial charge in [0.2, 0.25) is 0 Å². The Morgan fingerprint density at radius 2 is 1.45 bits per heavy atom. The van der Waals surface area contributed by atoms with Gasteiger partial charge in [-0.25, -0.2) is 4.79 Å². The zero-order valence-electron chi connectivity index (χ0n) is 11.5. The number of para-hydroxylation sites is 1. The number of halogens is 1. The van der Waals surface area contributed by atoms with E-state index in [0.29, 0.717) is 11.1 Å². The number of hydrogen-bond acceptors (Lipinski definition) is 2. The lowest BCUT2D eigenvalue weighted by atomic mass is 10.1. The molecule has 3 rings (SSSR count). The van der Waals surface area contributed by atoms with E-state index in [1.807, 2.05) is 36.4 Å². The van der Waals surface area contributed by atoms with E-state index in [4.69, 9.17) is 0 Å². The molecule has 3 N–H and O–H groups in total. The van der Waals surface area contributed by atoms with E-state index < -0.39 is 0 Å². The molecule has 4 nitrogen and oxygen atoms in total. The fraction of sp³-hybridized carbons (Fsp3) is 0. The van der Waals surface area contributed by atoms with Gasteiger partial charge in [-0.3, -0.25) is 0 Å². The molecule has 3 aromatic carbocycles. The first-order chi connectivity index (χ1) is 10.6. The normalized spacial score (nSPS) is 10.4. The quantitative estimate of drug-likeness (QED) is 0.538. The van der Waals surface area contributed by atoms with E-state index in [2.05, 4.69) is 33.2 Å². The van der Waals surface area contributed by atoms with Crippen LogP contribution in [0.2, 0.25) is 0 Å². The monoisotopic (exact) mass is 404 g/mol. The van der Waals surface area contributed by atoms with Gasteiger partial charge in [0, 0.05) is 14.3 Å². The van der Waals surface area contributed by atoms with E-state index in [0.717, 1.165) is 14.6 Å². The smallest absolute Gasteiger partial charge is 0.323 e. The molecule has 22 heavy (non-hydrogen) atoms. The van der Waals surface area contributed by atoms with Crippen molar-refractivity contribution in [1.82, 2.24) is 0 Å². The molecule has 3 aromatic rings. The summed E-state index contributed by atoms with van der Waals surface area (Å²) in [6.45, 7) is 0. The summed E-state index contributed by atoms with van der Waals surface area (Å²) in [5.74, 6) is 0.194. The molecular formula is C17H13IN2O2. The Morgan fingerprint density at radius 3 is 2.27 bits per heavy atom. The van der Waals surface area contributed by atoms with Gasteiger partial charge in [0.05, 0.1) is 11.4 Å². The summed E-state index contributed by atoms with van der Waals surface area (Å²) in [5, 5.41) is 17.0. The number of urea groups is 1. The summed E-state index contributed by atoms with van der Waals surface area (Å²) in [5.41, 5.74) is 1.40. The predicted octanol–water partition coefficient (Wildman–Crippen LogP) is 4.79. The molecule has 0 saturated carbocycles. The van der Waals surface area contributed by atoms with Gasteiger partial charge in [-0.2, -0.15) is 0 Å². The third-order valence-electron chi connectivity index (χ3n) is 3.27. The Hall–Kier alpha value is -2.28. The minimum Gasteiger partial charge on any atom is -0.507 e. The molecule has 0 aromatic heterocycles. The van der Waals surface area contributed by atoms with Crippen LogP contribution >= 0.6 is 22.6 Å². The maximum absolute atomic E-state index is 12.2. The maximum atomic E-state index is 12.2. The topological polar surface area (TPSA) is 61.4 Å². The van der Waals surface area contributed by atoms with Crippen molar-refractivity contribution in [1.29, 1.82) is 0 Å². The van der Waals surface area contributed by atoms with E-state index in [1.54, 1.807) is 24.3 Å². The minimum atomic E-state index is -0.319. The second kappa shape index (κ2) is 6.23. The molecule has 0 aliphatic carbocycles. The van der Waals surface area contributed by atoms with Crippen molar-refractivity contribution in [3.63, 3.8) is 0 Å². The molecule has 0 unspecified atom stereocenters. The van der Waals surface area contributed by atoms with E-state index in [-0.39, 0.29) is 11.8 Å². The molecule has 0 aliphatic heterocycles. The molecule has 0 aliphatic rings. The second-order valence-electron chi connectivity index (χ2n) is 4.74. The summed E-state index contributed by atoms with van der Waals surface area (Å²) in [6, 6.07) is 17.9. The molecule has 2 amide bonds. The number of carbonyl (C=O) groups excluding carboxylic acids is 1. The molecule has 0 fully saturated rings. The molecule has 0 heterocycles. The van der Waals surface area contributed by atoms with E-state index >= 15 is 0 Å². The average molecular weight is 404 g/mol. The standard InChI is InChI=1S/C17H13IN2O2/c18-13-7-1-2-8-15(13)20-17(22)19-14-9-3-6-12-11(14)5-4-10-16(12)21/h1-10,21H,(H2,19,20,22). The largest absolute Gasteiger partial charge is 0.507 e. The highest BCUT2D eigenvalue weighted by Crippen LogP contribution is 2.29. The molecule has 0 atom stereocenters. The van der Waals surface area contributed by atoms with Crippen LogP contribution in [0.5, 0.6) is 5.75 Å². The molecule has 110 valence electrons. The van der Waals surface area contributed by atoms with Crippen molar-refractivity contribution in [2.24, 2.45) is 0 Å². The van der Waals surface area contributed by atoms with Gasteiger partial charge in [0.15, 0.2) is 0 Å². The van der Waals surface area contributed by atoms with Crippen LogP contribution in [-0.2, 0) is 0 Å². The molecule has 0 bridgehead atoms. The Morgan fingerprint density at radius 1 is 0.818 bits per heavy atom. The SMILES string of the molecule is O=C(Nc1ccccc1I)Nc1cccc2c(O)cccc12. The van der Waals surface area contributed by atoms with Gasteiger partial charge in [-0.1, -0.05) is 36.4 Å². The van der Waals surface area contributed by atoms with Gasteiger partial charge in [0.1, 0.15) is 5.75 Å². The molecular weight excluding hydrogens is 391 g/mol. The van der Waals surface area contributed by atoms with Crippen LogP contribution in [0, 0.1) is 3.57 Å². The van der Waals surface area contributed by atoms with Crippen LogP contribution in [0.25, 0.3) is 10.8 Å². The highest BCUT2D eigenvalue weighted by molar-refractivity contribution is 14.1. The van der Waals surface area contributed by atoms with Gasteiger partial charge >= 0.3 is 6.03 Å². The van der Waals surface area contributed by atoms with Gasteiger partial charge in [-0.05, 0) is 46.9 Å². The summed E-state index contributed by atoms with van der Waals surface area (Å²) < 4.78 is 0.964. The van der Waals surface area contributed by atoms with E-state index in [1.165, 1.54) is 0 Å². The van der Waals surface area contributed by atoms with Gasteiger partial charge in [-0.15, -0.1) is 0 Å². The first kappa shape index (κ1) is 14.6. The second-order valence-corrected chi connectivity index (χ2v) is 5.90. The van der Waals surface area contributed by atoms with Gasteiger partial charge < -0.3 is 15.7 Å². The molecule has 5 heteroatoms. The van der Waals surface area contributed by atoms with Crippen molar-refractivity contribution < 1.29 is 9.90 Å². The third kappa shape index (κ3) is 2.99. The number of nitrogens with one attached hydrogen (secondary N) is 2. The third-order valence-corrected chi connectivity index (χ3v) is 4.21. The predicted molar refractivity (Wildman–Crippen MR) is 97.4 cm³/mol. The Labute approximate surface area is 141 Å². The molecule has 0 saturated heterocycles. The Balaban J connectivity index is 1.86. The number of anilines is 2. The van der Waals surface area contributed by atoms with Crippen LogP contribution in [0.1, 0.15) is 0 Å². The summed E-state index contributed by atoms with van der Waals surface area (Å²) in [4.78, 5) is 12.2. The lowest BCUT2D eigenvalue weighted by Crippen LogP contribution is -2.20.